The lowest BCUT2D eigenvalue weighted by atomic mass is 9.55. The van der Waals surface area contributed by atoms with Crippen molar-refractivity contribution in [1.29, 1.82) is 0 Å². The Morgan fingerprint density at radius 1 is 0.868 bits per heavy atom. The van der Waals surface area contributed by atoms with Gasteiger partial charge in [-0.15, -0.1) is 6.58 Å². The van der Waals surface area contributed by atoms with Crippen molar-refractivity contribution in [2.75, 3.05) is 26.4 Å². The summed E-state index contributed by atoms with van der Waals surface area (Å²) in [5, 5.41) is 36.5. The van der Waals surface area contributed by atoms with Gasteiger partial charge in [-0.25, -0.2) is 9.18 Å². The molecule has 15 heteroatoms. The number of aliphatic hydroxyl groups excluding tert-OH is 2. The Labute approximate surface area is 447 Å². The normalized spacial score (nSPS) is 20.9. The molecular weight excluding hydrogens is 970 g/mol. The summed E-state index contributed by atoms with van der Waals surface area (Å²) >= 11 is 0. The van der Waals surface area contributed by atoms with Gasteiger partial charge < -0.3 is 34.0 Å². The number of nitrogens with zero attached hydrogens (tertiary/aromatic N) is 3. The van der Waals surface area contributed by atoms with Crippen molar-refractivity contribution in [2.45, 2.75) is 147 Å². The number of aldehydes is 1. The van der Waals surface area contributed by atoms with Crippen molar-refractivity contribution in [2.24, 2.45) is 22.9 Å². The highest BCUT2D eigenvalue weighted by Crippen LogP contribution is 2.62. The Balaban J connectivity index is 1.35. The number of fused-ring (bicyclic) bond motifs is 2. The summed E-state index contributed by atoms with van der Waals surface area (Å²) in [6.07, 6.45) is 19.3. The third-order valence-electron chi connectivity index (χ3n) is 15.0. The van der Waals surface area contributed by atoms with Crippen molar-refractivity contribution < 1.29 is 52.9 Å². The minimum Gasteiger partial charge on any atom is -0.459 e. The smallest absolute Gasteiger partial charge is 0.410 e. The van der Waals surface area contributed by atoms with Crippen molar-refractivity contribution in [3.63, 3.8) is 0 Å². The summed E-state index contributed by atoms with van der Waals surface area (Å²) in [6, 6.07) is 23.7. The van der Waals surface area contributed by atoms with Gasteiger partial charge in [-0.2, -0.15) is 0 Å². The number of allylic oxidation sites excluding steroid dienone is 1. The number of unbranched alkanes of at least 4 members (excludes halogenated alkanes) is 11. The molecule has 0 spiro atoms. The Kier molecular flexibility index (Phi) is 22.0. The number of hydrogen-bond donors (Lipinski definition) is 2. The molecule has 14 nitrogen and oxygen atoms in total. The molecule has 1 amide bonds. The number of amides is 1. The Bertz CT molecular complexity index is 2570. The maximum atomic E-state index is 15.1. The summed E-state index contributed by atoms with van der Waals surface area (Å²) in [4.78, 5) is 45.8. The minimum absolute atomic E-state index is 0.000930. The van der Waals surface area contributed by atoms with Crippen LogP contribution < -0.4 is 9.47 Å². The van der Waals surface area contributed by atoms with E-state index in [2.05, 4.69) is 19.6 Å². The molecule has 1 aliphatic heterocycles. The molecule has 0 saturated heterocycles. The fourth-order valence-corrected chi connectivity index (χ4v) is 11.3. The summed E-state index contributed by atoms with van der Waals surface area (Å²) in [7, 11) is 0. The van der Waals surface area contributed by atoms with E-state index in [9.17, 15) is 29.5 Å². The van der Waals surface area contributed by atoms with Crippen LogP contribution in [0, 0.1) is 33.7 Å². The van der Waals surface area contributed by atoms with Crippen molar-refractivity contribution in [1.82, 2.24) is 4.90 Å². The second-order valence-corrected chi connectivity index (χ2v) is 20.3. The molecule has 1 heterocycles. The predicted molar refractivity (Wildman–Crippen MR) is 290 cm³/mol. The van der Waals surface area contributed by atoms with Crippen LogP contribution in [0.4, 0.5) is 14.9 Å². The Morgan fingerprint density at radius 3 is 2.24 bits per heavy atom. The van der Waals surface area contributed by atoms with E-state index in [0.717, 1.165) is 49.5 Å². The van der Waals surface area contributed by atoms with E-state index in [-0.39, 0.29) is 69.4 Å². The van der Waals surface area contributed by atoms with Crippen molar-refractivity contribution >= 4 is 23.8 Å². The number of oxime groups is 1. The first-order chi connectivity index (χ1) is 37.1. The van der Waals surface area contributed by atoms with Crippen LogP contribution in [0.3, 0.4) is 0 Å². The Hall–Kier alpha value is -6.42. The molecule has 0 aromatic heterocycles. The van der Waals surface area contributed by atoms with Crippen LogP contribution in [0.5, 0.6) is 17.2 Å². The molecule has 6 atom stereocenters. The number of rotatable bonds is 32. The standard InChI is InChI=1S/C61H76FN3O11/c1-3-5-6-7-8-9-10-11-12-17-36-72-60(69)64(41-44-23-27-48(62)28-24-44)57-40-55(63-74-43-45-25-29-49(30-26-45)65(70)71)53-38-47(20-13-15-33-66)52(22-14-16-34-67)58-54-39-51(75-50-21-18-19-46(37-50)42-68)31-32-56(54)76-61(57,59(53)58)73-35-4-2/h4,18-19,21,23-32,37-39,42,47,52,57-59,66-67H,2-3,5-17,20,22,33-36,40-41,43H2,1H3. The topological polar surface area (TPSA) is 179 Å². The number of aliphatic hydroxyl groups is 2. The SMILES string of the molecule is C=CCOC12Oc3ccc(Oc4cccc(C=O)c4)cc3C3C(CCCCO)C(CCCCO)C=C(C(=NOCc4ccc([N+](=O)[O-])cc4)CC1N(Cc1ccc(F)cc1)C(=O)OCCCCCCCCCCCC)C32. The average Bonchev–Trinajstić information content (AvgIpc) is 3.44. The molecule has 2 aliphatic carbocycles. The van der Waals surface area contributed by atoms with Gasteiger partial charge in [0.25, 0.3) is 5.69 Å². The second-order valence-electron chi connectivity index (χ2n) is 20.3. The number of carbonyl (C=O) groups is 2. The number of ether oxygens (including phenoxy) is 4. The lowest BCUT2D eigenvalue weighted by Crippen LogP contribution is -2.70. The number of hydrogen-bond acceptors (Lipinski definition) is 12. The zero-order valence-corrected chi connectivity index (χ0v) is 44.0. The van der Waals surface area contributed by atoms with E-state index in [0.29, 0.717) is 71.8 Å². The van der Waals surface area contributed by atoms with Crippen LogP contribution in [0.1, 0.15) is 149 Å². The zero-order chi connectivity index (χ0) is 53.7. The summed E-state index contributed by atoms with van der Waals surface area (Å²) < 4.78 is 41.9. The number of carbonyl (C=O) groups excluding carboxylic acids is 2. The van der Waals surface area contributed by atoms with Gasteiger partial charge in [0.2, 0.25) is 5.79 Å². The molecule has 76 heavy (non-hydrogen) atoms. The first-order valence-corrected chi connectivity index (χ1v) is 27.5. The average molecular weight is 1050 g/mol. The number of nitro groups is 1. The summed E-state index contributed by atoms with van der Waals surface area (Å²) in [5.41, 5.74) is 3.88. The highest BCUT2D eigenvalue weighted by atomic mass is 19.1. The lowest BCUT2D eigenvalue weighted by molar-refractivity contribution is -0.384. The van der Waals surface area contributed by atoms with E-state index in [1.165, 1.54) is 62.8 Å². The lowest BCUT2D eigenvalue weighted by Gasteiger charge is -2.59. The fraction of sp³-hybridized carbons (Fsp3) is 0.492. The molecular formula is C61H76FN3O11. The fourth-order valence-electron chi connectivity index (χ4n) is 11.3. The zero-order valence-electron chi connectivity index (χ0n) is 44.0. The number of benzene rings is 4. The van der Waals surface area contributed by atoms with Crippen LogP contribution in [0.15, 0.2) is 120 Å². The summed E-state index contributed by atoms with van der Waals surface area (Å²) in [6.45, 7) is 6.54. The molecule has 2 N–H and O–H groups in total. The highest BCUT2D eigenvalue weighted by Gasteiger charge is 2.65. The van der Waals surface area contributed by atoms with Crippen LogP contribution in [0.2, 0.25) is 0 Å². The maximum Gasteiger partial charge on any atom is 0.410 e. The first kappa shape index (κ1) is 57.3. The van der Waals surface area contributed by atoms with Gasteiger partial charge in [0.05, 0.1) is 29.8 Å². The predicted octanol–water partition coefficient (Wildman–Crippen LogP) is 13.7. The third-order valence-corrected chi connectivity index (χ3v) is 15.0. The molecule has 7 rings (SSSR count). The quantitative estimate of drug-likeness (QED) is 0.0156. The molecule has 1 saturated carbocycles. The Morgan fingerprint density at radius 2 is 1.55 bits per heavy atom. The largest absolute Gasteiger partial charge is 0.459 e. The van der Waals surface area contributed by atoms with Crippen molar-refractivity contribution in [3.05, 3.63) is 153 Å². The van der Waals surface area contributed by atoms with Gasteiger partial charge in [-0.05, 0) is 115 Å². The van der Waals surface area contributed by atoms with Crippen molar-refractivity contribution in [3.8, 4) is 17.2 Å². The molecule has 3 aliphatic rings. The highest BCUT2D eigenvalue weighted by molar-refractivity contribution is 6.03. The molecule has 4 aromatic carbocycles. The van der Waals surface area contributed by atoms with Gasteiger partial charge in [0.1, 0.15) is 42.0 Å². The van der Waals surface area contributed by atoms with Crippen LogP contribution in [-0.2, 0) is 27.5 Å². The van der Waals surface area contributed by atoms with E-state index in [4.69, 9.17) is 28.9 Å². The maximum absolute atomic E-state index is 15.1. The van der Waals surface area contributed by atoms with E-state index >= 15 is 4.79 Å². The number of nitro benzene ring substituents is 1. The number of non-ortho nitro benzene ring substituents is 1. The van der Waals surface area contributed by atoms with Crippen LogP contribution in [0.25, 0.3) is 0 Å². The van der Waals surface area contributed by atoms with E-state index in [1.807, 2.05) is 12.1 Å². The molecule has 0 bridgehead atoms. The van der Waals surface area contributed by atoms with Gasteiger partial charge in [-0.3, -0.25) is 19.8 Å². The van der Waals surface area contributed by atoms with Crippen LogP contribution >= 0.6 is 0 Å². The van der Waals surface area contributed by atoms with Gasteiger partial charge >= 0.3 is 6.09 Å². The summed E-state index contributed by atoms with van der Waals surface area (Å²) in [5.74, 6) is -1.72. The van der Waals surface area contributed by atoms with Gasteiger partial charge in [0, 0.05) is 55.4 Å². The first-order valence-electron chi connectivity index (χ1n) is 27.5. The molecule has 0 radical (unpaired) electrons. The monoisotopic (exact) mass is 1050 g/mol. The number of halogens is 1. The van der Waals surface area contributed by atoms with E-state index < -0.39 is 34.6 Å². The van der Waals surface area contributed by atoms with E-state index in [1.54, 1.807) is 65.6 Å². The molecule has 1 fully saturated rings. The van der Waals surface area contributed by atoms with Crippen LogP contribution in [-0.4, -0.2) is 76.4 Å². The van der Waals surface area contributed by atoms with Gasteiger partial charge in [-0.1, -0.05) is 119 Å². The molecule has 6 unspecified atom stereocenters. The third kappa shape index (κ3) is 14.9. The molecule has 408 valence electrons. The second kappa shape index (κ2) is 29.2. The molecule has 4 aromatic rings. The minimum atomic E-state index is -1.61. The van der Waals surface area contributed by atoms with Gasteiger partial charge in [0.15, 0.2) is 0 Å².